The Labute approximate surface area is 127 Å². The number of para-hydroxylation sites is 1. The van der Waals surface area contributed by atoms with E-state index in [4.69, 9.17) is 0 Å². The molecular weight excluding hydrogens is 286 g/mol. The standard InChI is InChI=1S/C15H25N3O2S/c1-3-10-17-21(19,20)15-9-5-4-8-14(15)16-12-13-7-6-11-18(13)2/h4-5,8-9,13,16-17H,3,6-7,10-12H2,1-2H3. The van der Waals surface area contributed by atoms with E-state index in [-0.39, 0.29) is 0 Å². The maximum Gasteiger partial charge on any atom is 0.242 e. The molecule has 1 heterocycles. The summed E-state index contributed by atoms with van der Waals surface area (Å²) in [6.45, 7) is 4.30. The van der Waals surface area contributed by atoms with Crippen LogP contribution in [-0.4, -0.2) is 46.0 Å². The zero-order chi connectivity index (χ0) is 15.3. The molecule has 0 spiro atoms. The Bertz CT molecular complexity index is 560. The van der Waals surface area contributed by atoms with Crippen LogP contribution < -0.4 is 10.0 Å². The van der Waals surface area contributed by atoms with Gasteiger partial charge >= 0.3 is 0 Å². The molecule has 0 aliphatic carbocycles. The summed E-state index contributed by atoms with van der Waals surface area (Å²) >= 11 is 0. The Morgan fingerprint density at radius 3 is 2.76 bits per heavy atom. The highest BCUT2D eigenvalue weighted by Crippen LogP contribution is 2.22. The van der Waals surface area contributed by atoms with Crippen molar-refractivity contribution in [2.24, 2.45) is 0 Å². The summed E-state index contributed by atoms with van der Waals surface area (Å²) in [7, 11) is -1.32. The number of rotatable bonds is 7. The normalized spacial score (nSPS) is 19.8. The second kappa shape index (κ2) is 7.24. The minimum absolute atomic E-state index is 0.333. The van der Waals surface area contributed by atoms with Crippen molar-refractivity contribution in [2.45, 2.75) is 37.1 Å². The lowest BCUT2D eigenvalue weighted by Gasteiger charge is -2.21. The molecule has 1 aromatic carbocycles. The molecule has 1 atom stereocenters. The molecule has 1 aliphatic rings. The van der Waals surface area contributed by atoms with Gasteiger partial charge in [-0.25, -0.2) is 13.1 Å². The molecule has 1 aliphatic heterocycles. The van der Waals surface area contributed by atoms with E-state index in [2.05, 4.69) is 22.0 Å². The van der Waals surface area contributed by atoms with E-state index in [0.717, 1.165) is 25.9 Å². The fraction of sp³-hybridized carbons (Fsp3) is 0.600. The van der Waals surface area contributed by atoms with Crippen LogP contribution in [0.5, 0.6) is 0 Å². The molecule has 118 valence electrons. The average molecular weight is 311 g/mol. The summed E-state index contributed by atoms with van der Waals surface area (Å²) in [6.07, 6.45) is 3.15. The minimum Gasteiger partial charge on any atom is -0.382 e. The molecule has 6 heteroatoms. The second-order valence-electron chi connectivity index (χ2n) is 5.55. The lowest BCUT2D eigenvalue weighted by atomic mass is 10.2. The molecule has 1 unspecified atom stereocenters. The third kappa shape index (κ3) is 4.18. The molecule has 0 bridgehead atoms. The first-order chi connectivity index (χ1) is 10.0. The van der Waals surface area contributed by atoms with Gasteiger partial charge in [-0.15, -0.1) is 0 Å². The van der Waals surface area contributed by atoms with Gasteiger partial charge in [-0.3, -0.25) is 0 Å². The van der Waals surface area contributed by atoms with Crippen LogP contribution >= 0.6 is 0 Å². The van der Waals surface area contributed by atoms with Crippen LogP contribution in [0.15, 0.2) is 29.2 Å². The highest BCUT2D eigenvalue weighted by atomic mass is 32.2. The van der Waals surface area contributed by atoms with Gasteiger partial charge in [-0.2, -0.15) is 0 Å². The zero-order valence-electron chi connectivity index (χ0n) is 12.8. The third-order valence-corrected chi connectivity index (χ3v) is 5.44. The molecule has 0 radical (unpaired) electrons. The highest BCUT2D eigenvalue weighted by molar-refractivity contribution is 7.89. The van der Waals surface area contributed by atoms with Crippen LogP contribution in [0.25, 0.3) is 0 Å². The molecule has 1 saturated heterocycles. The minimum atomic E-state index is -3.44. The number of nitrogens with one attached hydrogen (secondary N) is 2. The van der Waals surface area contributed by atoms with Crippen molar-refractivity contribution < 1.29 is 8.42 Å². The van der Waals surface area contributed by atoms with Gasteiger partial charge < -0.3 is 10.2 Å². The summed E-state index contributed by atoms with van der Waals surface area (Å²) in [5.74, 6) is 0. The van der Waals surface area contributed by atoms with Crippen LogP contribution in [0, 0.1) is 0 Å². The van der Waals surface area contributed by atoms with Crippen molar-refractivity contribution in [1.29, 1.82) is 0 Å². The maximum atomic E-state index is 12.3. The first-order valence-corrected chi connectivity index (χ1v) is 9.05. The molecule has 2 N–H and O–H groups in total. The maximum absolute atomic E-state index is 12.3. The second-order valence-corrected chi connectivity index (χ2v) is 7.29. The van der Waals surface area contributed by atoms with E-state index < -0.39 is 10.0 Å². The van der Waals surface area contributed by atoms with Gasteiger partial charge in [0.2, 0.25) is 10.0 Å². The van der Waals surface area contributed by atoms with Crippen LogP contribution in [0.4, 0.5) is 5.69 Å². The van der Waals surface area contributed by atoms with E-state index >= 15 is 0 Å². The first kappa shape index (κ1) is 16.3. The van der Waals surface area contributed by atoms with E-state index in [9.17, 15) is 8.42 Å². The molecule has 21 heavy (non-hydrogen) atoms. The topological polar surface area (TPSA) is 61.4 Å². The van der Waals surface area contributed by atoms with Gasteiger partial charge in [0, 0.05) is 19.1 Å². The van der Waals surface area contributed by atoms with Gasteiger partial charge in [0.25, 0.3) is 0 Å². The number of likely N-dealkylation sites (tertiary alicyclic amines) is 1. The van der Waals surface area contributed by atoms with Gasteiger partial charge in [0.05, 0.1) is 5.69 Å². The Morgan fingerprint density at radius 2 is 2.10 bits per heavy atom. The lowest BCUT2D eigenvalue weighted by Crippen LogP contribution is -2.32. The van der Waals surface area contributed by atoms with Crippen LogP contribution in [0.3, 0.4) is 0 Å². The molecule has 5 nitrogen and oxygen atoms in total. The summed E-state index contributed by atoms with van der Waals surface area (Å²) in [4.78, 5) is 2.65. The van der Waals surface area contributed by atoms with Crippen LogP contribution in [0.1, 0.15) is 26.2 Å². The smallest absolute Gasteiger partial charge is 0.242 e. The molecular formula is C15H25N3O2S. The van der Waals surface area contributed by atoms with Crippen molar-refractivity contribution in [2.75, 3.05) is 32.0 Å². The quantitative estimate of drug-likeness (QED) is 0.807. The first-order valence-electron chi connectivity index (χ1n) is 7.57. The molecule has 0 saturated carbocycles. The number of anilines is 1. The number of hydrogen-bond acceptors (Lipinski definition) is 4. The SMILES string of the molecule is CCCNS(=O)(=O)c1ccccc1NCC1CCCN1C. The van der Waals surface area contributed by atoms with Crippen molar-refractivity contribution in [3.8, 4) is 0 Å². The van der Waals surface area contributed by atoms with E-state index in [1.807, 2.05) is 19.1 Å². The number of nitrogens with zero attached hydrogens (tertiary/aromatic N) is 1. The van der Waals surface area contributed by atoms with E-state index in [0.29, 0.717) is 23.2 Å². The van der Waals surface area contributed by atoms with Crippen LogP contribution in [0.2, 0.25) is 0 Å². The van der Waals surface area contributed by atoms with E-state index in [1.54, 1.807) is 12.1 Å². The van der Waals surface area contributed by atoms with Gasteiger partial charge in [-0.05, 0) is 45.0 Å². The molecule has 1 aromatic rings. The number of sulfonamides is 1. The Hall–Kier alpha value is -1.11. The van der Waals surface area contributed by atoms with Gasteiger partial charge in [0.15, 0.2) is 0 Å². The third-order valence-electron chi connectivity index (χ3n) is 3.92. The predicted octanol–water partition coefficient (Wildman–Crippen LogP) is 1.88. The highest BCUT2D eigenvalue weighted by Gasteiger charge is 2.22. The lowest BCUT2D eigenvalue weighted by molar-refractivity contribution is 0.322. The monoisotopic (exact) mass is 311 g/mol. The van der Waals surface area contributed by atoms with Crippen molar-refractivity contribution in [3.63, 3.8) is 0 Å². The summed E-state index contributed by atoms with van der Waals surface area (Å²) < 4.78 is 27.2. The number of likely N-dealkylation sites (N-methyl/N-ethyl adjacent to an activating group) is 1. The fourth-order valence-electron chi connectivity index (χ4n) is 2.63. The summed E-state index contributed by atoms with van der Waals surface area (Å²) in [6, 6.07) is 7.57. The van der Waals surface area contributed by atoms with Gasteiger partial charge in [-0.1, -0.05) is 19.1 Å². The largest absolute Gasteiger partial charge is 0.382 e. The molecule has 0 aromatic heterocycles. The Balaban J connectivity index is 2.09. The fourth-order valence-corrected chi connectivity index (χ4v) is 3.94. The molecule has 1 fully saturated rings. The Morgan fingerprint density at radius 1 is 1.33 bits per heavy atom. The van der Waals surface area contributed by atoms with Gasteiger partial charge in [0.1, 0.15) is 4.90 Å². The van der Waals surface area contributed by atoms with Crippen molar-refractivity contribution in [1.82, 2.24) is 9.62 Å². The zero-order valence-corrected chi connectivity index (χ0v) is 13.6. The summed E-state index contributed by atoms with van der Waals surface area (Å²) in [5, 5.41) is 3.31. The number of hydrogen-bond donors (Lipinski definition) is 2. The predicted molar refractivity (Wildman–Crippen MR) is 86.1 cm³/mol. The number of benzene rings is 1. The van der Waals surface area contributed by atoms with E-state index in [1.165, 1.54) is 6.42 Å². The molecule has 0 amide bonds. The average Bonchev–Trinajstić information content (AvgIpc) is 2.88. The summed E-state index contributed by atoms with van der Waals surface area (Å²) in [5.41, 5.74) is 0.682. The molecule has 2 rings (SSSR count). The van der Waals surface area contributed by atoms with Crippen molar-refractivity contribution in [3.05, 3.63) is 24.3 Å². The Kier molecular flexibility index (Phi) is 5.61. The van der Waals surface area contributed by atoms with Crippen molar-refractivity contribution >= 4 is 15.7 Å². The van der Waals surface area contributed by atoms with Crippen LogP contribution in [-0.2, 0) is 10.0 Å².